The summed E-state index contributed by atoms with van der Waals surface area (Å²) in [5, 5.41) is 6.36. The highest BCUT2D eigenvalue weighted by molar-refractivity contribution is 5.74. The van der Waals surface area contributed by atoms with E-state index < -0.39 is 10.9 Å². The lowest BCUT2D eigenvalue weighted by molar-refractivity contribution is -0.151. The third-order valence-electron chi connectivity index (χ3n) is 12.9. The minimum absolute atomic E-state index is 0.00284. The summed E-state index contributed by atoms with van der Waals surface area (Å²) in [6.07, 6.45) is 40.6. The van der Waals surface area contributed by atoms with Crippen LogP contribution in [-0.2, 0) is 19.1 Å². The molecule has 2 N–H and O–H groups in total. The van der Waals surface area contributed by atoms with Crippen molar-refractivity contribution in [3.63, 3.8) is 0 Å². The standard InChI is InChI=1S/C55H103N3O6/c1-7-11-14-17-22-29-38-48(37-10-4)63-50(59)41-32-25-20-27-34-44-58(46-36-43-56-52-53(57-47(5)6)55(62)54(52)61)45-35-28-21-26-33-42-51(60)64-49(39-30-23-18-15-12-8-2)40-31-24-19-16-13-9-3/h47-49,56-57H,7-46H2,1-6H3. The van der Waals surface area contributed by atoms with Gasteiger partial charge >= 0.3 is 11.9 Å². The number of nitrogens with zero attached hydrogens (tertiary/aromatic N) is 1. The van der Waals surface area contributed by atoms with Crippen LogP contribution in [0.5, 0.6) is 0 Å². The van der Waals surface area contributed by atoms with Gasteiger partial charge in [-0.1, -0.05) is 169 Å². The number of rotatable bonds is 48. The fourth-order valence-corrected chi connectivity index (χ4v) is 8.90. The van der Waals surface area contributed by atoms with E-state index in [-0.39, 0.29) is 30.2 Å². The van der Waals surface area contributed by atoms with E-state index in [1.54, 1.807) is 0 Å². The smallest absolute Gasteiger partial charge is 0.306 e. The zero-order chi connectivity index (χ0) is 46.9. The molecule has 0 spiro atoms. The molecule has 0 saturated carbocycles. The number of carbonyl (C=O) groups is 2. The topological polar surface area (TPSA) is 114 Å². The summed E-state index contributed by atoms with van der Waals surface area (Å²) < 4.78 is 12.0. The molecule has 374 valence electrons. The van der Waals surface area contributed by atoms with Gasteiger partial charge < -0.3 is 25.0 Å². The highest BCUT2D eigenvalue weighted by Crippen LogP contribution is 2.20. The normalized spacial score (nSPS) is 12.2. The molecule has 1 atom stereocenters. The average Bonchev–Trinajstić information content (AvgIpc) is 3.27. The van der Waals surface area contributed by atoms with E-state index in [2.05, 4.69) is 43.2 Å². The van der Waals surface area contributed by atoms with E-state index in [1.807, 2.05) is 13.8 Å². The first-order chi connectivity index (χ1) is 31.2. The van der Waals surface area contributed by atoms with Gasteiger partial charge in [0, 0.05) is 25.4 Å². The molecular weight excluding hydrogens is 799 g/mol. The minimum atomic E-state index is -0.424. The number of nitrogens with one attached hydrogen (secondary N) is 2. The molecule has 0 radical (unpaired) electrons. The molecule has 0 fully saturated rings. The zero-order valence-electron chi connectivity index (χ0n) is 42.9. The number of anilines is 2. The number of carbonyl (C=O) groups excluding carboxylic acids is 2. The summed E-state index contributed by atoms with van der Waals surface area (Å²) in [4.78, 5) is 52.4. The second-order valence-corrected chi connectivity index (χ2v) is 19.5. The van der Waals surface area contributed by atoms with Crippen LogP contribution < -0.4 is 21.5 Å². The molecule has 64 heavy (non-hydrogen) atoms. The summed E-state index contributed by atoms with van der Waals surface area (Å²) in [6.45, 7) is 16.5. The Kier molecular flexibility index (Phi) is 39.1. The lowest BCUT2D eigenvalue weighted by atomic mass is 10.0. The van der Waals surface area contributed by atoms with Crippen molar-refractivity contribution in [2.45, 2.75) is 291 Å². The number of hydrogen-bond acceptors (Lipinski definition) is 9. The first-order valence-corrected chi connectivity index (χ1v) is 27.6. The summed E-state index contributed by atoms with van der Waals surface area (Å²) in [6, 6.07) is 0.0895. The summed E-state index contributed by atoms with van der Waals surface area (Å²) in [7, 11) is 0. The monoisotopic (exact) mass is 902 g/mol. The molecule has 0 aliphatic carbocycles. The maximum absolute atomic E-state index is 12.9. The second kappa shape index (κ2) is 42.0. The van der Waals surface area contributed by atoms with Gasteiger partial charge in [-0.05, 0) is 111 Å². The maximum atomic E-state index is 12.9. The van der Waals surface area contributed by atoms with Gasteiger partial charge in [-0.15, -0.1) is 0 Å². The summed E-state index contributed by atoms with van der Waals surface area (Å²) in [5.41, 5.74) is 0.0138. The van der Waals surface area contributed by atoms with Crippen LogP contribution in [0.25, 0.3) is 0 Å². The molecule has 1 rings (SSSR count). The van der Waals surface area contributed by atoms with E-state index in [0.717, 1.165) is 142 Å². The van der Waals surface area contributed by atoms with Gasteiger partial charge in [0.1, 0.15) is 23.6 Å². The van der Waals surface area contributed by atoms with Crippen molar-refractivity contribution in [1.82, 2.24) is 4.90 Å². The lowest BCUT2D eigenvalue weighted by Crippen LogP contribution is -2.39. The molecule has 0 aliphatic rings. The van der Waals surface area contributed by atoms with Crippen LogP contribution >= 0.6 is 0 Å². The molecule has 9 heteroatoms. The van der Waals surface area contributed by atoms with E-state index in [1.165, 1.54) is 96.3 Å². The van der Waals surface area contributed by atoms with Crippen LogP contribution in [0.15, 0.2) is 9.59 Å². The molecule has 1 aromatic carbocycles. The Bertz CT molecular complexity index is 1290. The van der Waals surface area contributed by atoms with Gasteiger partial charge in [0.25, 0.3) is 10.9 Å². The SMILES string of the molecule is CCCCCCCCC(CCC)OC(=O)CCCCCCCN(CCCCCCCC(=O)OC(CCCCCCCC)CCCCCCCC)CCCNc1c(NC(C)C)c(=O)c1=O. The van der Waals surface area contributed by atoms with Crippen LogP contribution in [0, 0.1) is 0 Å². The Balaban J connectivity index is 2.48. The minimum Gasteiger partial charge on any atom is -0.462 e. The van der Waals surface area contributed by atoms with Crippen molar-refractivity contribution < 1.29 is 19.1 Å². The molecule has 0 bridgehead atoms. The van der Waals surface area contributed by atoms with Crippen LogP contribution in [0.1, 0.15) is 273 Å². The number of ether oxygens (including phenoxy) is 2. The fraction of sp³-hybridized carbons (Fsp3) is 0.891. The Morgan fingerprint density at radius 2 is 0.797 bits per heavy atom. The molecule has 0 heterocycles. The van der Waals surface area contributed by atoms with Crippen molar-refractivity contribution in [3.8, 4) is 0 Å². The highest BCUT2D eigenvalue weighted by Gasteiger charge is 2.21. The van der Waals surface area contributed by atoms with Gasteiger partial charge in [-0.3, -0.25) is 19.2 Å². The Morgan fingerprint density at radius 3 is 1.22 bits per heavy atom. The molecule has 1 aromatic rings. The average molecular weight is 902 g/mol. The molecule has 0 aromatic heterocycles. The maximum Gasteiger partial charge on any atom is 0.306 e. The molecule has 0 aliphatic heterocycles. The number of esters is 2. The van der Waals surface area contributed by atoms with Crippen molar-refractivity contribution in [2.24, 2.45) is 0 Å². The van der Waals surface area contributed by atoms with Crippen molar-refractivity contribution in [1.29, 1.82) is 0 Å². The van der Waals surface area contributed by atoms with Crippen molar-refractivity contribution >= 4 is 23.3 Å². The predicted octanol–water partition coefficient (Wildman–Crippen LogP) is 14.8. The molecule has 9 nitrogen and oxygen atoms in total. The second-order valence-electron chi connectivity index (χ2n) is 19.5. The number of unbranched alkanes of at least 4 members (excludes halogenated alkanes) is 23. The van der Waals surface area contributed by atoms with E-state index >= 15 is 0 Å². The van der Waals surface area contributed by atoms with Gasteiger partial charge in [0.2, 0.25) is 0 Å². The summed E-state index contributed by atoms with van der Waals surface area (Å²) in [5.74, 6) is -0.0248. The van der Waals surface area contributed by atoms with Crippen LogP contribution in [0.2, 0.25) is 0 Å². The molecular formula is C55H103N3O6. The molecule has 0 amide bonds. The van der Waals surface area contributed by atoms with E-state index in [0.29, 0.717) is 30.8 Å². The van der Waals surface area contributed by atoms with Gasteiger partial charge in [-0.25, -0.2) is 0 Å². The van der Waals surface area contributed by atoms with Gasteiger partial charge in [-0.2, -0.15) is 0 Å². The van der Waals surface area contributed by atoms with Gasteiger partial charge in [0.05, 0.1) is 0 Å². The third kappa shape index (κ3) is 32.3. The Morgan fingerprint density at radius 1 is 0.438 bits per heavy atom. The first kappa shape index (κ1) is 59.6. The van der Waals surface area contributed by atoms with Crippen LogP contribution in [0.4, 0.5) is 11.4 Å². The fourth-order valence-electron chi connectivity index (χ4n) is 8.90. The van der Waals surface area contributed by atoms with Crippen molar-refractivity contribution in [2.75, 3.05) is 36.8 Å². The van der Waals surface area contributed by atoms with Crippen LogP contribution in [-0.4, -0.2) is 61.3 Å². The van der Waals surface area contributed by atoms with E-state index in [4.69, 9.17) is 9.47 Å². The van der Waals surface area contributed by atoms with E-state index in [9.17, 15) is 19.2 Å². The summed E-state index contributed by atoms with van der Waals surface area (Å²) >= 11 is 0. The largest absolute Gasteiger partial charge is 0.462 e. The third-order valence-corrected chi connectivity index (χ3v) is 12.9. The number of hydrogen-bond donors (Lipinski definition) is 2. The van der Waals surface area contributed by atoms with Gasteiger partial charge in [0.15, 0.2) is 0 Å². The predicted molar refractivity (Wildman–Crippen MR) is 274 cm³/mol. The van der Waals surface area contributed by atoms with Crippen LogP contribution in [0.3, 0.4) is 0 Å². The lowest BCUT2D eigenvalue weighted by Gasteiger charge is -2.23. The first-order valence-electron chi connectivity index (χ1n) is 27.6. The Labute approximate surface area is 394 Å². The quantitative estimate of drug-likeness (QED) is 0.0375. The zero-order valence-corrected chi connectivity index (χ0v) is 42.9. The Hall–Kier alpha value is -2.42. The van der Waals surface area contributed by atoms with Crippen molar-refractivity contribution in [3.05, 3.63) is 20.4 Å². The highest BCUT2D eigenvalue weighted by atomic mass is 16.5. The molecule has 0 saturated heterocycles. The molecule has 1 unspecified atom stereocenters.